The number of hydrogen-bond acceptors (Lipinski definition) is 6. The van der Waals surface area contributed by atoms with Crippen LogP contribution in [-0.4, -0.2) is 25.8 Å². The lowest BCUT2D eigenvalue weighted by Gasteiger charge is -2.20. The number of aliphatic hydroxyl groups is 1. The fraction of sp³-hybridized carbons (Fsp3) is 0.238. The lowest BCUT2D eigenvalue weighted by atomic mass is 9.91. The molecular formula is C21H19F3N4O2. The molecule has 9 heteroatoms. The van der Waals surface area contributed by atoms with E-state index in [9.17, 15) is 23.1 Å². The van der Waals surface area contributed by atoms with E-state index in [0.29, 0.717) is 22.4 Å². The molecule has 156 valence electrons. The number of aryl methyl sites for hydroxylation is 1. The van der Waals surface area contributed by atoms with Gasteiger partial charge < -0.3 is 10.4 Å². The maximum atomic E-state index is 12.9. The van der Waals surface area contributed by atoms with Crippen LogP contribution in [0.4, 0.5) is 24.8 Å². The molecule has 0 spiro atoms. The van der Waals surface area contributed by atoms with Gasteiger partial charge in [-0.15, -0.1) is 0 Å². The summed E-state index contributed by atoms with van der Waals surface area (Å²) in [6.45, 7) is 4.51. The van der Waals surface area contributed by atoms with Crippen LogP contribution in [0.1, 0.15) is 30.7 Å². The highest BCUT2D eigenvalue weighted by Gasteiger charge is 2.33. The summed E-state index contributed by atoms with van der Waals surface area (Å²) < 4.78 is 38.6. The van der Waals surface area contributed by atoms with Gasteiger partial charge in [0, 0.05) is 35.4 Å². The van der Waals surface area contributed by atoms with Gasteiger partial charge in [0.2, 0.25) is 5.95 Å². The number of anilines is 2. The second-order valence-corrected chi connectivity index (χ2v) is 7.07. The molecule has 2 heterocycles. The minimum Gasteiger partial charge on any atom is -0.378 e. The van der Waals surface area contributed by atoms with Gasteiger partial charge in [-0.2, -0.15) is 13.2 Å². The van der Waals surface area contributed by atoms with Crippen LogP contribution in [0, 0.1) is 6.92 Å². The highest BCUT2D eigenvalue weighted by Crippen LogP contribution is 2.31. The zero-order valence-electron chi connectivity index (χ0n) is 16.4. The summed E-state index contributed by atoms with van der Waals surface area (Å²) in [5.74, 6) is -0.609. The highest BCUT2D eigenvalue weighted by molar-refractivity contribution is 5.86. The number of carbonyl (C=O) groups excluding carboxylic acids is 1. The summed E-state index contributed by atoms with van der Waals surface area (Å²) in [6, 6.07) is 7.72. The fourth-order valence-electron chi connectivity index (χ4n) is 2.80. The number of aromatic nitrogens is 3. The number of Topliss-reactive ketones (excluding diaryl/α,β-unsaturated/α-hetero) is 1. The van der Waals surface area contributed by atoms with Crippen molar-refractivity contribution in [2.45, 2.75) is 32.5 Å². The smallest absolute Gasteiger partial charge is 0.378 e. The van der Waals surface area contributed by atoms with Crippen molar-refractivity contribution in [2.24, 2.45) is 0 Å². The summed E-state index contributed by atoms with van der Waals surface area (Å²) in [5, 5.41) is 13.2. The molecule has 0 fully saturated rings. The van der Waals surface area contributed by atoms with E-state index in [1.165, 1.54) is 20.0 Å². The number of nitrogens with one attached hydrogen (secondary N) is 1. The first kappa shape index (κ1) is 21.4. The van der Waals surface area contributed by atoms with Gasteiger partial charge in [-0.05, 0) is 56.2 Å². The van der Waals surface area contributed by atoms with Crippen molar-refractivity contribution in [1.29, 1.82) is 0 Å². The summed E-state index contributed by atoms with van der Waals surface area (Å²) >= 11 is 0. The van der Waals surface area contributed by atoms with Crippen molar-refractivity contribution in [3.05, 3.63) is 65.7 Å². The largest absolute Gasteiger partial charge is 0.433 e. The van der Waals surface area contributed by atoms with E-state index in [2.05, 4.69) is 20.3 Å². The lowest BCUT2D eigenvalue weighted by Crippen LogP contribution is -2.30. The SMILES string of the molecule is CC(=O)C(C)(O)c1cncc(-c2cc(C)cc(Nc3nccc(C(F)(F)F)n3)c2)c1. The molecule has 3 aromatic rings. The minimum absolute atomic E-state index is 0.187. The molecule has 0 aliphatic heterocycles. The van der Waals surface area contributed by atoms with Gasteiger partial charge in [0.05, 0.1) is 0 Å². The Labute approximate surface area is 170 Å². The Morgan fingerprint density at radius 3 is 2.50 bits per heavy atom. The minimum atomic E-state index is -4.57. The standard InChI is InChI=1S/C21H19F3N4O2/c1-12-6-14(15-8-16(11-25-10-15)20(3,30)13(2)29)9-17(7-12)27-19-26-5-4-18(28-19)21(22,23)24/h4-11,30H,1-3H3,(H,26,27,28). The normalized spacial score (nSPS) is 13.6. The molecule has 1 aromatic carbocycles. The summed E-state index contributed by atoms with van der Waals surface area (Å²) in [4.78, 5) is 23.2. The number of nitrogens with zero attached hydrogens (tertiary/aromatic N) is 3. The van der Waals surface area contributed by atoms with Gasteiger partial charge >= 0.3 is 6.18 Å². The number of pyridine rings is 1. The number of alkyl halides is 3. The monoisotopic (exact) mass is 416 g/mol. The quantitative estimate of drug-likeness (QED) is 0.641. The van der Waals surface area contributed by atoms with E-state index in [0.717, 1.165) is 17.8 Å². The molecule has 0 bridgehead atoms. The Kier molecular flexibility index (Phi) is 5.58. The first-order valence-electron chi connectivity index (χ1n) is 8.95. The van der Waals surface area contributed by atoms with Crippen LogP contribution in [0.2, 0.25) is 0 Å². The Hall–Kier alpha value is -3.33. The van der Waals surface area contributed by atoms with Crippen molar-refractivity contribution in [2.75, 3.05) is 5.32 Å². The molecular weight excluding hydrogens is 397 g/mol. The zero-order valence-corrected chi connectivity index (χ0v) is 16.4. The molecule has 6 nitrogen and oxygen atoms in total. The molecule has 0 saturated carbocycles. The number of hydrogen-bond donors (Lipinski definition) is 2. The molecule has 1 unspecified atom stereocenters. The number of ketones is 1. The highest BCUT2D eigenvalue weighted by atomic mass is 19.4. The molecule has 1 atom stereocenters. The Bertz CT molecular complexity index is 1100. The van der Waals surface area contributed by atoms with Gasteiger partial charge in [-0.3, -0.25) is 9.78 Å². The topological polar surface area (TPSA) is 88.0 Å². The van der Waals surface area contributed by atoms with Crippen molar-refractivity contribution >= 4 is 17.4 Å². The molecule has 0 amide bonds. The first-order chi connectivity index (χ1) is 14.0. The van der Waals surface area contributed by atoms with E-state index in [4.69, 9.17) is 0 Å². The lowest BCUT2D eigenvalue weighted by molar-refractivity contribution is -0.141. The predicted molar refractivity (Wildman–Crippen MR) is 105 cm³/mol. The van der Waals surface area contributed by atoms with E-state index in [-0.39, 0.29) is 5.95 Å². The van der Waals surface area contributed by atoms with Crippen LogP contribution >= 0.6 is 0 Å². The van der Waals surface area contributed by atoms with Crippen LogP contribution in [0.5, 0.6) is 0 Å². The van der Waals surface area contributed by atoms with Crippen LogP contribution in [0.15, 0.2) is 48.9 Å². The van der Waals surface area contributed by atoms with Crippen molar-refractivity contribution < 1.29 is 23.1 Å². The summed E-state index contributed by atoms with van der Waals surface area (Å²) in [7, 11) is 0. The fourth-order valence-corrected chi connectivity index (χ4v) is 2.80. The summed E-state index contributed by atoms with van der Waals surface area (Å²) in [6.07, 6.45) is -0.557. The average molecular weight is 416 g/mol. The van der Waals surface area contributed by atoms with Crippen molar-refractivity contribution in [1.82, 2.24) is 15.0 Å². The Morgan fingerprint density at radius 1 is 1.10 bits per heavy atom. The van der Waals surface area contributed by atoms with E-state index < -0.39 is 23.3 Å². The molecule has 2 aromatic heterocycles. The molecule has 2 N–H and O–H groups in total. The molecule has 0 saturated heterocycles. The molecule has 30 heavy (non-hydrogen) atoms. The number of benzene rings is 1. The first-order valence-corrected chi connectivity index (χ1v) is 8.95. The third-order valence-corrected chi connectivity index (χ3v) is 4.60. The van der Waals surface area contributed by atoms with Crippen molar-refractivity contribution in [3.63, 3.8) is 0 Å². The number of halogens is 3. The van der Waals surface area contributed by atoms with Gasteiger partial charge in [-0.1, -0.05) is 6.07 Å². The zero-order chi connectivity index (χ0) is 22.1. The van der Waals surface area contributed by atoms with Gasteiger partial charge in [0.25, 0.3) is 0 Å². The third-order valence-electron chi connectivity index (χ3n) is 4.60. The Balaban J connectivity index is 1.96. The molecule has 0 aliphatic rings. The van der Waals surface area contributed by atoms with E-state index in [1.54, 1.807) is 24.4 Å². The molecule has 0 aliphatic carbocycles. The van der Waals surface area contributed by atoms with E-state index in [1.807, 2.05) is 13.0 Å². The maximum Gasteiger partial charge on any atom is 0.433 e. The van der Waals surface area contributed by atoms with Gasteiger partial charge in [0.1, 0.15) is 11.3 Å². The predicted octanol–water partition coefficient (Wildman–Crippen LogP) is 4.41. The van der Waals surface area contributed by atoms with Crippen LogP contribution < -0.4 is 5.32 Å². The van der Waals surface area contributed by atoms with Crippen LogP contribution in [0.3, 0.4) is 0 Å². The van der Waals surface area contributed by atoms with E-state index >= 15 is 0 Å². The van der Waals surface area contributed by atoms with Crippen molar-refractivity contribution in [3.8, 4) is 11.1 Å². The third kappa shape index (κ3) is 4.62. The number of rotatable bonds is 5. The molecule has 0 radical (unpaired) electrons. The van der Waals surface area contributed by atoms with Gasteiger partial charge in [0.15, 0.2) is 5.78 Å². The Morgan fingerprint density at radius 2 is 1.83 bits per heavy atom. The molecule has 3 rings (SSSR count). The number of carbonyl (C=O) groups is 1. The average Bonchev–Trinajstić information content (AvgIpc) is 2.67. The summed E-state index contributed by atoms with van der Waals surface area (Å²) in [5.41, 5.74) is 0.239. The maximum absolute atomic E-state index is 12.9. The second-order valence-electron chi connectivity index (χ2n) is 7.07. The van der Waals surface area contributed by atoms with Crippen LogP contribution in [0.25, 0.3) is 11.1 Å². The van der Waals surface area contributed by atoms with Crippen LogP contribution in [-0.2, 0) is 16.6 Å². The van der Waals surface area contributed by atoms with Gasteiger partial charge in [-0.25, -0.2) is 9.97 Å². The second kappa shape index (κ2) is 7.83.